The third-order valence-electron chi connectivity index (χ3n) is 3.22. The van der Waals surface area contributed by atoms with E-state index in [4.69, 9.17) is 0 Å². The largest absolute Gasteiger partial charge is 0.338 e. The molecule has 3 rings (SSSR count). The average molecular weight is 252 g/mol. The predicted octanol–water partition coefficient (Wildman–Crippen LogP) is 3.20. The minimum absolute atomic E-state index is 0.846. The maximum atomic E-state index is 4.65. The zero-order chi connectivity index (χ0) is 13.4. The molecule has 0 unspecified atom stereocenters. The monoisotopic (exact) mass is 252 g/mol. The molecular formula is C15H16N4. The maximum Gasteiger partial charge on any atom is 0.140 e. The summed E-state index contributed by atoms with van der Waals surface area (Å²) in [5.74, 6) is 0.871. The predicted molar refractivity (Wildman–Crippen MR) is 76.0 cm³/mol. The van der Waals surface area contributed by atoms with Crippen molar-refractivity contribution in [3.8, 4) is 11.4 Å². The smallest absolute Gasteiger partial charge is 0.140 e. The molecule has 0 radical (unpaired) electrons. The van der Waals surface area contributed by atoms with Crippen molar-refractivity contribution in [3.63, 3.8) is 0 Å². The van der Waals surface area contributed by atoms with Crippen molar-refractivity contribution in [3.05, 3.63) is 41.2 Å². The molecule has 0 aliphatic rings. The molecule has 0 bridgehead atoms. The molecule has 0 atom stereocenters. The number of hydrogen-bond acceptors (Lipinski definition) is 3. The number of rotatable bonds is 2. The molecule has 0 saturated carbocycles. The summed E-state index contributed by atoms with van der Waals surface area (Å²) in [6.07, 6.45) is 0.846. The summed E-state index contributed by atoms with van der Waals surface area (Å²) in [5.41, 5.74) is 6.19. The molecule has 1 aromatic carbocycles. The lowest BCUT2D eigenvalue weighted by Crippen LogP contribution is -1.98. The van der Waals surface area contributed by atoms with E-state index in [1.54, 1.807) is 0 Å². The van der Waals surface area contributed by atoms with Crippen molar-refractivity contribution in [1.82, 2.24) is 20.2 Å². The molecule has 0 saturated heterocycles. The van der Waals surface area contributed by atoms with Gasteiger partial charge in [-0.25, -0.2) is 4.98 Å². The van der Waals surface area contributed by atoms with Crippen molar-refractivity contribution < 1.29 is 0 Å². The third kappa shape index (κ3) is 2.10. The highest BCUT2D eigenvalue weighted by Crippen LogP contribution is 2.23. The number of nitrogens with zero attached hydrogens (tertiary/aromatic N) is 3. The van der Waals surface area contributed by atoms with Gasteiger partial charge >= 0.3 is 0 Å². The van der Waals surface area contributed by atoms with Crippen LogP contribution in [0.3, 0.4) is 0 Å². The molecule has 2 aromatic heterocycles. The molecule has 4 heteroatoms. The fourth-order valence-electron chi connectivity index (χ4n) is 2.23. The Morgan fingerprint density at radius 3 is 2.74 bits per heavy atom. The molecule has 0 aliphatic heterocycles. The summed E-state index contributed by atoms with van der Waals surface area (Å²) < 4.78 is 0. The van der Waals surface area contributed by atoms with E-state index in [2.05, 4.69) is 46.1 Å². The van der Waals surface area contributed by atoms with Crippen molar-refractivity contribution in [1.29, 1.82) is 0 Å². The van der Waals surface area contributed by atoms with Crippen LogP contribution in [-0.2, 0) is 6.42 Å². The molecule has 1 N–H and O–H groups in total. The second-order valence-corrected chi connectivity index (χ2v) is 4.81. The van der Waals surface area contributed by atoms with Crippen LogP contribution in [0.5, 0.6) is 0 Å². The van der Waals surface area contributed by atoms with Gasteiger partial charge in [0.2, 0.25) is 0 Å². The lowest BCUT2D eigenvalue weighted by molar-refractivity contribution is 0.893. The van der Waals surface area contributed by atoms with Gasteiger partial charge in [0.1, 0.15) is 5.82 Å². The molecule has 19 heavy (non-hydrogen) atoms. The first kappa shape index (κ1) is 11.8. The number of aromatic nitrogens is 4. The lowest BCUT2D eigenvalue weighted by atomic mass is 10.1. The van der Waals surface area contributed by atoms with E-state index < -0.39 is 0 Å². The van der Waals surface area contributed by atoms with E-state index in [0.717, 1.165) is 40.2 Å². The zero-order valence-corrected chi connectivity index (χ0v) is 11.4. The fourth-order valence-corrected chi connectivity index (χ4v) is 2.23. The lowest BCUT2D eigenvalue weighted by Gasteiger charge is -2.03. The number of benzene rings is 1. The minimum Gasteiger partial charge on any atom is -0.338 e. The summed E-state index contributed by atoms with van der Waals surface area (Å²) in [6.45, 7) is 6.11. The molecule has 3 aromatic rings. The summed E-state index contributed by atoms with van der Waals surface area (Å²) >= 11 is 0. The Kier molecular flexibility index (Phi) is 2.78. The molecular weight excluding hydrogens is 236 g/mol. The fraction of sp³-hybridized carbons (Fsp3) is 0.267. The molecule has 4 nitrogen and oxygen atoms in total. The first-order valence-corrected chi connectivity index (χ1v) is 6.47. The van der Waals surface area contributed by atoms with Crippen LogP contribution in [0.15, 0.2) is 24.3 Å². The Morgan fingerprint density at radius 2 is 1.95 bits per heavy atom. The van der Waals surface area contributed by atoms with E-state index in [0.29, 0.717) is 0 Å². The van der Waals surface area contributed by atoms with E-state index in [1.165, 1.54) is 5.56 Å². The van der Waals surface area contributed by atoms with Gasteiger partial charge in [0.05, 0.1) is 22.4 Å². The summed E-state index contributed by atoms with van der Waals surface area (Å²) in [6, 6.07) is 8.26. The van der Waals surface area contributed by atoms with Crippen LogP contribution in [0, 0.1) is 13.8 Å². The molecule has 0 aliphatic carbocycles. The van der Waals surface area contributed by atoms with Crippen molar-refractivity contribution >= 4 is 11.0 Å². The van der Waals surface area contributed by atoms with Gasteiger partial charge in [-0.1, -0.05) is 13.0 Å². The van der Waals surface area contributed by atoms with Gasteiger partial charge in [0.25, 0.3) is 0 Å². The van der Waals surface area contributed by atoms with Crippen molar-refractivity contribution in [2.75, 3.05) is 0 Å². The first-order chi connectivity index (χ1) is 9.17. The van der Waals surface area contributed by atoms with Crippen LogP contribution in [0.4, 0.5) is 0 Å². The quantitative estimate of drug-likeness (QED) is 0.762. The number of aryl methyl sites for hydroxylation is 3. The van der Waals surface area contributed by atoms with Gasteiger partial charge in [-0.3, -0.25) is 0 Å². The standard InChI is InChI=1S/C15H16N4/c1-4-12-11(8-10(3)18-19-12)15-16-13-6-5-9(2)7-14(13)17-15/h5-8H,4H2,1-3H3,(H,16,17). The first-order valence-electron chi connectivity index (χ1n) is 6.47. The number of fused-ring (bicyclic) bond motifs is 1. The summed E-state index contributed by atoms with van der Waals surface area (Å²) in [5, 5.41) is 8.36. The van der Waals surface area contributed by atoms with Crippen molar-refractivity contribution in [2.45, 2.75) is 27.2 Å². The zero-order valence-electron chi connectivity index (χ0n) is 11.4. The Hall–Kier alpha value is -2.23. The molecule has 0 fully saturated rings. The number of H-pyrrole nitrogens is 1. The molecule has 0 amide bonds. The van der Waals surface area contributed by atoms with Gasteiger partial charge < -0.3 is 4.98 Å². The third-order valence-corrected chi connectivity index (χ3v) is 3.22. The SMILES string of the molecule is CCc1nnc(C)cc1-c1nc2ccc(C)cc2[nH]1. The molecule has 96 valence electrons. The molecule has 0 spiro atoms. The normalized spacial score (nSPS) is 11.1. The highest BCUT2D eigenvalue weighted by Gasteiger charge is 2.11. The average Bonchev–Trinajstić information content (AvgIpc) is 2.81. The van der Waals surface area contributed by atoms with E-state index in [1.807, 2.05) is 19.1 Å². The number of imidazole rings is 1. The van der Waals surface area contributed by atoms with E-state index >= 15 is 0 Å². The van der Waals surface area contributed by atoms with Crippen LogP contribution in [0.25, 0.3) is 22.4 Å². The van der Waals surface area contributed by atoms with Gasteiger partial charge in [0, 0.05) is 5.56 Å². The maximum absolute atomic E-state index is 4.65. The number of hydrogen-bond donors (Lipinski definition) is 1. The van der Waals surface area contributed by atoms with Crippen LogP contribution < -0.4 is 0 Å². The van der Waals surface area contributed by atoms with Crippen LogP contribution in [-0.4, -0.2) is 20.2 Å². The number of nitrogens with one attached hydrogen (secondary N) is 1. The Balaban J connectivity index is 2.21. The van der Waals surface area contributed by atoms with Gasteiger partial charge in [-0.2, -0.15) is 10.2 Å². The Bertz CT molecular complexity index is 743. The highest BCUT2D eigenvalue weighted by atomic mass is 15.1. The summed E-state index contributed by atoms with van der Waals surface area (Å²) in [4.78, 5) is 8.03. The van der Waals surface area contributed by atoms with Crippen LogP contribution in [0.2, 0.25) is 0 Å². The highest BCUT2D eigenvalue weighted by molar-refractivity contribution is 5.80. The second kappa shape index (κ2) is 4.46. The molecule has 2 heterocycles. The van der Waals surface area contributed by atoms with Gasteiger partial charge in [-0.15, -0.1) is 0 Å². The van der Waals surface area contributed by atoms with E-state index in [-0.39, 0.29) is 0 Å². The van der Waals surface area contributed by atoms with Gasteiger partial charge in [-0.05, 0) is 44.0 Å². The summed E-state index contributed by atoms with van der Waals surface area (Å²) in [7, 11) is 0. The van der Waals surface area contributed by atoms with Crippen LogP contribution in [0.1, 0.15) is 23.9 Å². The van der Waals surface area contributed by atoms with E-state index in [9.17, 15) is 0 Å². The number of aromatic amines is 1. The van der Waals surface area contributed by atoms with Gasteiger partial charge in [0.15, 0.2) is 0 Å². The minimum atomic E-state index is 0.846. The van der Waals surface area contributed by atoms with Crippen LogP contribution >= 0.6 is 0 Å². The Morgan fingerprint density at radius 1 is 1.11 bits per heavy atom. The second-order valence-electron chi connectivity index (χ2n) is 4.81. The van der Waals surface area contributed by atoms with Crippen molar-refractivity contribution in [2.24, 2.45) is 0 Å². The topological polar surface area (TPSA) is 54.5 Å². The Labute approximate surface area is 111 Å².